The summed E-state index contributed by atoms with van der Waals surface area (Å²) in [4.78, 5) is 23.6. The number of rotatable bonds is 7. The molecule has 0 aliphatic heterocycles. The summed E-state index contributed by atoms with van der Waals surface area (Å²) < 4.78 is 40.0. The van der Waals surface area contributed by atoms with Crippen LogP contribution in [-0.4, -0.2) is 30.4 Å². The quantitative estimate of drug-likeness (QED) is 0.451. The molecule has 0 unspecified atom stereocenters. The second-order valence-electron chi connectivity index (χ2n) is 6.42. The summed E-state index contributed by atoms with van der Waals surface area (Å²) in [5, 5.41) is 8.92. The third-order valence-electron chi connectivity index (χ3n) is 4.14. The number of primary amides is 1. The minimum Gasteiger partial charge on any atom is -0.364 e. The Morgan fingerprint density at radius 3 is 2.33 bits per heavy atom. The molecule has 0 spiro atoms. The lowest BCUT2D eigenvalue weighted by Crippen LogP contribution is -2.19. The first-order valence-corrected chi connectivity index (χ1v) is 10.2. The second kappa shape index (κ2) is 8.33. The Bertz CT molecular complexity index is 1190. The maximum atomic E-state index is 13.0. The largest absolute Gasteiger partial charge is 0.364 e. The fourth-order valence-corrected chi connectivity index (χ4v) is 3.71. The van der Waals surface area contributed by atoms with Gasteiger partial charge in [-0.2, -0.15) is 5.10 Å². The molecule has 2 amide bonds. The van der Waals surface area contributed by atoms with E-state index in [2.05, 4.69) is 20.2 Å². The fourth-order valence-electron chi connectivity index (χ4n) is 2.65. The van der Waals surface area contributed by atoms with Crippen molar-refractivity contribution in [2.45, 2.75) is 18.2 Å². The summed E-state index contributed by atoms with van der Waals surface area (Å²) in [5.74, 6) is -1.71. The number of nitrogens with zero attached hydrogens (tertiary/aromatic N) is 1. The smallest absolute Gasteiger partial charge is 0.271 e. The number of H-pyrrole nitrogens is 1. The molecule has 3 rings (SSSR count). The number of carbonyl (C=O) groups is 2. The first kappa shape index (κ1) is 21.0. The van der Waals surface area contributed by atoms with Crippen LogP contribution in [0.4, 0.5) is 15.8 Å². The van der Waals surface area contributed by atoms with E-state index in [0.29, 0.717) is 11.3 Å². The molecule has 5 N–H and O–H groups in total. The van der Waals surface area contributed by atoms with Crippen LogP contribution in [0.1, 0.15) is 21.7 Å². The van der Waals surface area contributed by atoms with E-state index in [0.717, 1.165) is 24.3 Å². The van der Waals surface area contributed by atoms with Crippen LogP contribution >= 0.6 is 0 Å². The summed E-state index contributed by atoms with van der Waals surface area (Å²) in [6.07, 6.45) is -0.0200. The van der Waals surface area contributed by atoms with Crippen molar-refractivity contribution >= 4 is 33.2 Å². The number of benzene rings is 2. The van der Waals surface area contributed by atoms with Crippen molar-refractivity contribution in [1.29, 1.82) is 0 Å². The highest BCUT2D eigenvalue weighted by molar-refractivity contribution is 7.92. The minimum absolute atomic E-state index is 0.0200. The van der Waals surface area contributed by atoms with Gasteiger partial charge in [-0.05, 0) is 48.9 Å². The van der Waals surface area contributed by atoms with Crippen LogP contribution in [0.3, 0.4) is 0 Å². The van der Waals surface area contributed by atoms with Crippen molar-refractivity contribution in [2.24, 2.45) is 5.73 Å². The Labute approximate surface area is 171 Å². The van der Waals surface area contributed by atoms with Crippen molar-refractivity contribution in [2.75, 3.05) is 10.0 Å². The van der Waals surface area contributed by atoms with Crippen LogP contribution < -0.4 is 15.8 Å². The first-order chi connectivity index (χ1) is 14.2. The number of amides is 2. The maximum absolute atomic E-state index is 13.0. The summed E-state index contributed by atoms with van der Waals surface area (Å²) in [6.45, 7) is 1.64. The number of aromatic nitrogens is 2. The van der Waals surface area contributed by atoms with Gasteiger partial charge in [0.25, 0.3) is 15.9 Å². The zero-order valence-electron chi connectivity index (χ0n) is 15.8. The number of carbonyl (C=O) groups excluding carboxylic acids is 2. The van der Waals surface area contributed by atoms with Gasteiger partial charge in [-0.15, -0.1) is 0 Å². The molecule has 0 saturated heterocycles. The molecule has 156 valence electrons. The standard InChI is InChI=1S/C19H18FN5O4S/c1-11-17(18(19(21)27)24-23-11)22-16(26)10-12-2-6-14(7-3-12)25-30(28,29)15-8-4-13(20)5-9-15/h2-9,25H,10H2,1H3,(H2,21,27)(H,22,26)(H,23,24). The number of aryl methyl sites for hydroxylation is 1. The predicted molar refractivity (Wildman–Crippen MR) is 108 cm³/mol. The van der Waals surface area contributed by atoms with Crippen LogP contribution in [0.5, 0.6) is 0 Å². The molecule has 0 fully saturated rings. The van der Waals surface area contributed by atoms with Crippen LogP contribution in [0.15, 0.2) is 53.4 Å². The van der Waals surface area contributed by atoms with Gasteiger partial charge in [-0.1, -0.05) is 12.1 Å². The molecule has 2 aromatic carbocycles. The normalized spacial score (nSPS) is 11.1. The van der Waals surface area contributed by atoms with Crippen molar-refractivity contribution in [1.82, 2.24) is 10.2 Å². The number of nitrogens with two attached hydrogens (primary N) is 1. The molecule has 0 atom stereocenters. The van der Waals surface area contributed by atoms with E-state index in [1.807, 2.05) is 0 Å². The molecule has 1 heterocycles. The van der Waals surface area contributed by atoms with Crippen molar-refractivity contribution < 1.29 is 22.4 Å². The monoisotopic (exact) mass is 431 g/mol. The van der Waals surface area contributed by atoms with Crippen LogP contribution in [0.2, 0.25) is 0 Å². The van der Waals surface area contributed by atoms with Gasteiger partial charge in [0.2, 0.25) is 5.91 Å². The van der Waals surface area contributed by atoms with Crippen molar-refractivity contribution in [3.8, 4) is 0 Å². The van der Waals surface area contributed by atoms with Crippen LogP contribution in [-0.2, 0) is 21.2 Å². The van der Waals surface area contributed by atoms with E-state index in [1.54, 1.807) is 19.1 Å². The maximum Gasteiger partial charge on any atom is 0.271 e. The molecule has 9 nitrogen and oxygen atoms in total. The molecule has 0 saturated carbocycles. The average molecular weight is 431 g/mol. The molecule has 0 aliphatic carbocycles. The van der Waals surface area contributed by atoms with Gasteiger partial charge in [0, 0.05) is 5.69 Å². The van der Waals surface area contributed by atoms with E-state index in [4.69, 9.17) is 5.73 Å². The highest BCUT2D eigenvalue weighted by atomic mass is 32.2. The van der Waals surface area contributed by atoms with E-state index >= 15 is 0 Å². The van der Waals surface area contributed by atoms with E-state index in [1.165, 1.54) is 12.1 Å². The Balaban J connectivity index is 1.66. The van der Waals surface area contributed by atoms with Crippen molar-refractivity contribution in [3.63, 3.8) is 0 Å². The number of halogens is 1. The number of aromatic amines is 1. The SMILES string of the molecule is Cc1[nH]nc(C(N)=O)c1NC(=O)Cc1ccc(NS(=O)(=O)c2ccc(F)cc2)cc1. The third kappa shape index (κ3) is 4.81. The summed E-state index contributed by atoms with van der Waals surface area (Å²) in [5.41, 5.74) is 6.76. The molecular weight excluding hydrogens is 413 g/mol. The van der Waals surface area contributed by atoms with E-state index in [-0.39, 0.29) is 28.4 Å². The Morgan fingerprint density at radius 1 is 1.10 bits per heavy atom. The Hall–Kier alpha value is -3.73. The topological polar surface area (TPSA) is 147 Å². The predicted octanol–water partition coefficient (Wildman–Crippen LogP) is 1.94. The van der Waals surface area contributed by atoms with Crippen LogP contribution in [0, 0.1) is 12.7 Å². The second-order valence-corrected chi connectivity index (χ2v) is 8.10. The van der Waals surface area contributed by atoms with Gasteiger partial charge in [0.1, 0.15) is 5.82 Å². The first-order valence-electron chi connectivity index (χ1n) is 8.67. The molecular formula is C19H18FN5O4S. The van der Waals surface area contributed by atoms with Gasteiger partial charge < -0.3 is 11.1 Å². The summed E-state index contributed by atoms with van der Waals surface area (Å²) >= 11 is 0. The number of hydrogen-bond acceptors (Lipinski definition) is 5. The fraction of sp³-hybridized carbons (Fsp3) is 0.105. The zero-order valence-corrected chi connectivity index (χ0v) is 16.6. The van der Waals surface area contributed by atoms with E-state index < -0.39 is 27.7 Å². The lowest BCUT2D eigenvalue weighted by molar-refractivity contribution is -0.115. The summed E-state index contributed by atoms with van der Waals surface area (Å²) in [7, 11) is -3.87. The molecule has 3 aromatic rings. The van der Waals surface area contributed by atoms with Gasteiger partial charge in [-0.25, -0.2) is 12.8 Å². The molecule has 11 heteroatoms. The summed E-state index contributed by atoms with van der Waals surface area (Å²) in [6, 6.07) is 10.6. The highest BCUT2D eigenvalue weighted by Gasteiger charge is 2.18. The van der Waals surface area contributed by atoms with Crippen LogP contribution in [0.25, 0.3) is 0 Å². The van der Waals surface area contributed by atoms with Gasteiger partial charge in [0.05, 0.1) is 22.7 Å². The molecule has 0 bridgehead atoms. The Kier molecular flexibility index (Phi) is 5.83. The molecule has 1 aromatic heterocycles. The minimum atomic E-state index is -3.87. The number of anilines is 2. The third-order valence-corrected chi connectivity index (χ3v) is 5.54. The lowest BCUT2D eigenvalue weighted by atomic mass is 10.1. The molecule has 30 heavy (non-hydrogen) atoms. The average Bonchev–Trinajstić information content (AvgIpc) is 3.04. The lowest BCUT2D eigenvalue weighted by Gasteiger charge is -2.09. The zero-order chi connectivity index (χ0) is 21.9. The van der Waals surface area contributed by atoms with Gasteiger partial charge >= 0.3 is 0 Å². The van der Waals surface area contributed by atoms with Crippen molar-refractivity contribution in [3.05, 3.63) is 71.3 Å². The van der Waals surface area contributed by atoms with Gasteiger partial charge in [0.15, 0.2) is 5.69 Å². The number of nitrogens with one attached hydrogen (secondary N) is 3. The van der Waals surface area contributed by atoms with E-state index in [9.17, 15) is 22.4 Å². The molecule has 0 radical (unpaired) electrons. The number of sulfonamides is 1. The Morgan fingerprint density at radius 2 is 1.73 bits per heavy atom. The highest BCUT2D eigenvalue weighted by Crippen LogP contribution is 2.19. The number of hydrogen-bond donors (Lipinski definition) is 4. The van der Waals surface area contributed by atoms with Gasteiger partial charge in [-0.3, -0.25) is 19.4 Å². The molecule has 0 aliphatic rings.